The summed E-state index contributed by atoms with van der Waals surface area (Å²) in [5.74, 6) is 0.999. The van der Waals surface area contributed by atoms with Crippen molar-refractivity contribution >= 4 is 28.5 Å². The molecule has 1 aromatic carbocycles. The van der Waals surface area contributed by atoms with Gasteiger partial charge in [0.1, 0.15) is 11.3 Å². The molecule has 0 unspecified atom stereocenters. The molecule has 0 saturated heterocycles. The van der Waals surface area contributed by atoms with Gasteiger partial charge in [-0.3, -0.25) is 4.79 Å². The Bertz CT molecular complexity index is 868. The molecular weight excluding hydrogens is 354 g/mol. The molecule has 140 valence electrons. The molecule has 1 fully saturated rings. The first-order chi connectivity index (χ1) is 12.3. The SMILES string of the molecule is Cc1cc(=O)oc2cc(OCC(=O)N(C)C3CCC(C)CC3)c(Cl)cc12. The number of ether oxygens (including phenoxy) is 1. The number of likely N-dealkylation sites (N-methyl/N-ethyl adjacent to an activating group) is 1. The third-order valence-corrected chi connectivity index (χ3v) is 5.58. The molecule has 1 heterocycles. The van der Waals surface area contributed by atoms with Crippen LogP contribution in [0.5, 0.6) is 5.75 Å². The first-order valence-electron chi connectivity index (χ1n) is 8.97. The van der Waals surface area contributed by atoms with Crippen molar-refractivity contribution in [1.82, 2.24) is 4.90 Å². The lowest BCUT2D eigenvalue weighted by atomic mass is 9.87. The predicted octanol–water partition coefficient (Wildman–Crippen LogP) is 4.17. The van der Waals surface area contributed by atoms with Crippen LogP contribution in [0.25, 0.3) is 11.0 Å². The maximum Gasteiger partial charge on any atom is 0.336 e. The summed E-state index contributed by atoms with van der Waals surface area (Å²) in [6, 6.07) is 4.96. The zero-order valence-corrected chi connectivity index (χ0v) is 16.1. The maximum atomic E-state index is 12.5. The van der Waals surface area contributed by atoms with Gasteiger partial charge in [0.15, 0.2) is 6.61 Å². The van der Waals surface area contributed by atoms with E-state index in [1.165, 1.54) is 6.07 Å². The van der Waals surface area contributed by atoms with Gasteiger partial charge in [0.05, 0.1) is 5.02 Å². The summed E-state index contributed by atoms with van der Waals surface area (Å²) < 4.78 is 10.8. The second-order valence-electron chi connectivity index (χ2n) is 7.23. The van der Waals surface area contributed by atoms with E-state index in [-0.39, 0.29) is 18.6 Å². The van der Waals surface area contributed by atoms with E-state index in [1.807, 2.05) is 14.0 Å². The summed E-state index contributed by atoms with van der Waals surface area (Å²) in [6.07, 6.45) is 4.37. The van der Waals surface area contributed by atoms with Gasteiger partial charge in [-0.1, -0.05) is 18.5 Å². The maximum absolute atomic E-state index is 12.5. The summed E-state index contributed by atoms with van der Waals surface area (Å²) in [4.78, 5) is 25.8. The molecule has 1 aromatic heterocycles. The molecule has 0 N–H and O–H groups in total. The topological polar surface area (TPSA) is 59.8 Å². The highest BCUT2D eigenvalue weighted by molar-refractivity contribution is 6.32. The van der Waals surface area contributed by atoms with Crippen LogP contribution in [0.4, 0.5) is 0 Å². The van der Waals surface area contributed by atoms with Crippen LogP contribution in [-0.4, -0.2) is 30.5 Å². The van der Waals surface area contributed by atoms with Crippen LogP contribution in [-0.2, 0) is 4.79 Å². The molecule has 26 heavy (non-hydrogen) atoms. The largest absolute Gasteiger partial charge is 0.482 e. The Morgan fingerprint density at radius 1 is 1.27 bits per heavy atom. The number of benzene rings is 1. The van der Waals surface area contributed by atoms with Crippen molar-refractivity contribution in [1.29, 1.82) is 0 Å². The van der Waals surface area contributed by atoms with Crippen LogP contribution in [0.1, 0.15) is 38.2 Å². The normalized spacial score (nSPS) is 20.2. The molecule has 0 spiro atoms. The van der Waals surface area contributed by atoms with E-state index in [4.69, 9.17) is 20.8 Å². The summed E-state index contributed by atoms with van der Waals surface area (Å²) in [5.41, 5.74) is 0.758. The average molecular weight is 378 g/mol. The highest BCUT2D eigenvalue weighted by Crippen LogP contribution is 2.31. The van der Waals surface area contributed by atoms with Gasteiger partial charge in [0.25, 0.3) is 5.91 Å². The van der Waals surface area contributed by atoms with E-state index >= 15 is 0 Å². The van der Waals surface area contributed by atoms with Crippen molar-refractivity contribution in [2.45, 2.75) is 45.6 Å². The van der Waals surface area contributed by atoms with Gasteiger partial charge < -0.3 is 14.1 Å². The number of amides is 1. The lowest BCUT2D eigenvalue weighted by molar-refractivity contribution is -0.134. The molecule has 5 nitrogen and oxygen atoms in total. The third-order valence-electron chi connectivity index (χ3n) is 5.28. The summed E-state index contributed by atoms with van der Waals surface area (Å²) in [5, 5.41) is 1.14. The molecule has 0 aliphatic heterocycles. The van der Waals surface area contributed by atoms with E-state index in [2.05, 4.69) is 6.92 Å². The van der Waals surface area contributed by atoms with Gasteiger partial charge in [0.2, 0.25) is 0 Å². The molecule has 1 aliphatic rings. The van der Waals surface area contributed by atoms with Crippen LogP contribution in [0.2, 0.25) is 5.02 Å². The van der Waals surface area contributed by atoms with E-state index in [1.54, 1.807) is 17.0 Å². The molecule has 2 aromatic rings. The van der Waals surface area contributed by atoms with Crippen molar-refractivity contribution in [2.75, 3.05) is 13.7 Å². The van der Waals surface area contributed by atoms with Crippen LogP contribution in [0.15, 0.2) is 27.4 Å². The van der Waals surface area contributed by atoms with Gasteiger partial charge in [-0.05, 0) is 50.2 Å². The zero-order valence-electron chi connectivity index (χ0n) is 15.4. The van der Waals surface area contributed by atoms with Gasteiger partial charge in [-0.15, -0.1) is 0 Å². The fraction of sp³-hybridized carbons (Fsp3) is 0.500. The van der Waals surface area contributed by atoms with Crippen LogP contribution >= 0.6 is 11.6 Å². The molecule has 0 radical (unpaired) electrons. The first kappa shape index (κ1) is 18.8. The van der Waals surface area contributed by atoms with Crippen LogP contribution in [0, 0.1) is 12.8 Å². The molecule has 1 saturated carbocycles. The minimum atomic E-state index is -0.425. The van der Waals surface area contributed by atoms with E-state index < -0.39 is 5.63 Å². The lowest BCUT2D eigenvalue weighted by Crippen LogP contribution is -2.41. The molecular formula is C20H24ClNO4. The van der Waals surface area contributed by atoms with Gasteiger partial charge in [0, 0.05) is 30.6 Å². The molecule has 3 rings (SSSR count). The summed E-state index contributed by atoms with van der Waals surface area (Å²) in [6.45, 7) is 3.98. The number of nitrogens with zero attached hydrogens (tertiary/aromatic N) is 1. The quantitative estimate of drug-likeness (QED) is 0.750. The Kier molecular flexibility index (Phi) is 5.56. The predicted molar refractivity (Wildman–Crippen MR) is 102 cm³/mol. The molecule has 0 atom stereocenters. The molecule has 6 heteroatoms. The first-order valence-corrected chi connectivity index (χ1v) is 9.35. The lowest BCUT2D eigenvalue weighted by Gasteiger charge is -2.33. The Hall–Kier alpha value is -2.01. The van der Waals surface area contributed by atoms with Crippen LogP contribution < -0.4 is 10.4 Å². The van der Waals surface area contributed by atoms with Crippen molar-refractivity contribution in [3.63, 3.8) is 0 Å². The average Bonchev–Trinajstić information content (AvgIpc) is 2.60. The highest BCUT2D eigenvalue weighted by atomic mass is 35.5. The van der Waals surface area contributed by atoms with Crippen molar-refractivity contribution in [3.8, 4) is 5.75 Å². The van der Waals surface area contributed by atoms with Crippen molar-refractivity contribution < 1.29 is 13.9 Å². The number of fused-ring (bicyclic) bond motifs is 1. The van der Waals surface area contributed by atoms with E-state index in [0.717, 1.165) is 42.6 Å². The minimum Gasteiger partial charge on any atom is -0.482 e. The second kappa shape index (κ2) is 7.70. The number of hydrogen-bond acceptors (Lipinski definition) is 4. The number of hydrogen-bond donors (Lipinski definition) is 0. The Labute approximate surface area is 157 Å². The second-order valence-corrected chi connectivity index (χ2v) is 7.64. The number of carbonyl (C=O) groups is 1. The highest BCUT2D eigenvalue weighted by Gasteiger charge is 2.25. The van der Waals surface area contributed by atoms with E-state index in [9.17, 15) is 9.59 Å². The summed E-state index contributed by atoms with van der Waals surface area (Å²) in [7, 11) is 1.83. The zero-order chi connectivity index (χ0) is 18.8. The number of carbonyl (C=O) groups excluding carboxylic acids is 1. The molecule has 1 amide bonds. The minimum absolute atomic E-state index is 0.0774. The molecule has 1 aliphatic carbocycles. The van der Waals surface area contributed by atoms with Gasteiger partial charge >= 0.3 is 5.63 Å². The fourth-order valence-corrected chi connectivity index (χ4v) is 3.72. The molecule has 0 bridgehead atoms. The fourth-order valence-electron chi connectivity index (χ4n) is 3.51. The third kappa shape index (κ3) is 4.04. The van der Waals surface area contributed by atoms with Crippen molar-refractivity contribution in [3.05, 3.63) is 39.2 Å². The Morgan fingerprint density at radius 3 is 2.65 bits per heavy atom. The standard InChI is InChI=1S/C20H24ClNO4/c1-12-4-6-14(7-5-12)22(3)19(23)11-25-18-10-17-15(9-16(18)21)13(2)8-20(24)26-17/h8-10,12,14H,4-7,11H2,1-3H3. The Morgan fingerprint density at radius 2 is 1.96 bits per heavy atom. The monoisotopic (exact) mass is 377 g/mol. The number of halogens is 1. The van der Waals surface area contributed by atoms with Gasteiger partial charge in [-0.25, -0.2) is 4.79 Å². The smallest absolute Gasteiger partial charge is 0.336 e. The van der Waals surface area contributed by atoms with Crippen LogP contribution in [0.3, 0.4) is 0 Å². The van der Waals surface area contributed by atoms with Crippen molar-refractivity contribution in [2.24, 2.45) is 5.92 Å². The summed E-state index contributed by atoms with van der Waals surface area (Å²) >= 11 is 6.27. The number of aryl methyl sites for hydroxylation is 1. The Balaban J connectivity index is 1.70. The number of rotatable bonds is 4. The van der Waals surface area contributed by atoms with Gasteiger partial charge in [-0.2, -0.15) is 0 Å². The van der Waals surface area contributed by atoms with E-state index in [0.29, 0.717) is 16.4 Å².